The molecule has 0 aliphatic carbocycles. The predicted molar refractivity (Wildman–Crippen MR) is 96.5 cm³/mol. The predicted octanol–water partition coefficient (Wildman–Crippen LogP) is 3.82. The number of benzene rings is 2. The topological polar surface area (TPSA) is 71.3 Å². The Morgan fingerprint density at radius 1 is 1.12 bits per heavy atom. The average Bonchev–Trinajstić information content (AvgIpc) is 2.59. The van der Waals surface area contributed by atoms with Crippen LogP contribution in [0.2, 0.25) is 0 Å². The minimum atomic E-state index is -0.399. The number of anilines is 2. The fourth-order valence-corrected chi connectivity index (χ4v) is 2.51. The van der Waals surface area contributed by atoms with Crippen LogP contribution in [0.1, 0.15) is 5.56 Å². The van der Waals surface area contributed by atoms with Gasteiger partial charge in [-0.1, -0.05) is 18.2 Å². The fourth-order valence-electron chi connectivity index (χ4n) is 2.51. The number of hydrogen-bond donors (Lipinski definition) is 1. The number of rotatable bonds is 5. The molecule has 6 nitrogen and oxygen atoms in total. The van der Waals surface area contributed by atoms with E-state index in [4.69, 9.17) is 0 Å². The first-order valence-corrected chi connectivity index (χ1v) is 7.59. The highest BCUT2D eigenvalue weighted by atomic mass is 16.6. The van der Waals surface area contributed by atoms with Crippen molar-refractivity contribution in [2.24, 2.45) is 0 Å². The van der Waals surface area contributed by atoms with Crippen molar-refractivity contribution >= 4 is 28.1 Å². The summed E-state index contributed by atoms with van der Waals surface area (Å²) < 4.78 is 0. The molecule has 2 aromatic carbocycles. The smallest absolute Gasteiger partial charge is 0.269 e. The zero-order valence-electron chi connectivity index (χ0n) is 13.6. The lowest BCUT2D eigenvalue weighted by atomic mass is 10.1. The number of hydrogen-bond acceptors (Lipinski definition) is 5. The Balaban J connectivity index is 1.87. The maximum absolute atomic E-state index is 10.7. The van der Waals surface area contributed by atoms with Crippen LogP contribution >= 0.6 is 0 Å². The third kappa shape index (κ3) is 3.27. The largest absolute Gasteiger partial charge is 0.381 e. The van der Waals surface area contributed by atoms with Gasteiger partial charge in [-0.15, -0.1) is 0 Å². The van der Waals surface area contributed by atoms with E-state index < -0.39 is 4.92 Å². The number of aromatic nitrogens is 1. The minimum absolute atomic E-state index is 0.0878. The molecule has 0 unspecified atom stereocenters. The number of nitrogens with zero attached hydrogens (tertiary/aromatic N) is 3. The number of pyridine rings is 1. The molecule has 0 aliphatic heterocycles. The molecule has 0 spiro atoms. The molecule has 1 heterocycles. The number of nitro groups is 1. The third-order valence-corrected chi connectivity index (χ3v) is 3.81. The maximum atomic E-state index is 10.7. The van der Waals surface area contributed by atoms with Crippen LogP contribution in [0.4, 0.5) is 17.2 Å². The van der Waals surface area contributed by atoms with E-state index in [9.17, 15) is 10.1 Å². The van der Waals surface area contributed by atoms with E-state index in [0.29, 0.717) is 6.54 Å². The number of non-ortho nitro benzene ring substituents is 1. The van der Waals surface area contributed by atoms with Crippen molar-refractivity contribution < 1.29 is 4.92 Å². The van der Waals surface area contributed by atoms with Crippen molar-refractivity contribution in [3.63, 3.8) is 0 Å². The van der Waals surface area contributed by atoms with Crippen LogP contribution in [0, 0.1) is 10.1 Å². The highest BCUT2D eigenvalue weighted by Crippen LogP contribution is 2.23. The van der Waals surface area contributed by atoms with E-state index >= 15 is 0 Å². The van der Waals surface area contributed by atoms with Gasteiger partial charge in [-0.2, -0.15) is 0 Å². The van der Waals surface area contributed by atoms with E-state index in [-0.39, 0.29) is 5.69 Å². The van der Waals surface area contributed by atoms with Crippen molar-refractivity contribution in [3.8, 4) is 0 Å². The van der Waals surface area contributed by atoms with Gasteiger partial charge in [0.05, 0.1) is 10.4 Å². The number of para-hydroxylation sites is 1. The van der Waals surface area contributed by atoms with Crippen LogP contribution in [0.5, 0.6) is 0 Å². The first-order valence-electron chi connectivity index (χ1n) is 7.59. The summed E-state index contributed by atoms with van der Waals surface area (Å²) in [5.74, 6) is 0.897. The van der Waals surface area contributed by atoms with Crippen LogP contribution < -0.4 is 10.2 Å². The Kier molecular flexibility index (Phi) is 4.29. The maximum Gasteiger partial charge on any atom is 0.269 e. The van der Waals surface area contributed by atoms with Gasteiger partial charge in [-0.05, 0) is 29.8 Å². The summed E-state index contributed by atoms with van der Waals surface area (Å²) in [5.41, 5.74) is 3.00. The van der Waals surface area contributed by atoms with Crippen LogP contribution in [-0.2, 0) is 6.54 Å². The molecule has 3 aromatic rings. The third-order valence-electron chi connectivity index (χ3n) is 3.81. The highest BCUT2D eigenvalue weighted by molar-refractivity contribution is 5.84. The lowest BCUT2D eigenvalue weighted by molar-refractivity contribution is -0.384. The Bertz CT molecular complexity index is 876. The molecular formula is C18H18N4O2. The van der Waals surface area contributed by atoms with Gasteiger partial charge in [0, 0.05) is 43.8 Å². The zero-order chi connectivity index (χ0) is 17.1. The zero-order valence-corrected chi connectivity index (χ0v) is 13.6. The van der Waals surface area contributed by atoms with Gasteiger partial charge in [0.2, 0.25) is 0 Å². The van der Waals surface area contributed by atoms with Crippen molar-refractivity contribution in [1.82, 2.24) is 4.98 Å². The lowest BCUT2D eigenvalue weighted by Crippen LogP contribution is -2.12. The molecular weight excluding hydrogens is 304 g/mol. The quantitative estimate of drug-likeness (QED) is 0.571. The molecule has 1 aromatic heterocycles. The molecule has 0 saturated carbocycles. The van der Waals surface area contributed by atoms with E-state index in [1.807, 2.05) is 37.2 Å². The molecule has 0 atom stereocenters. The van der Waals surface area contributed by atoms with Gasteiger partial charge in [-0.25, -0.2) is 4.98 Å². The average molecular weight is 322 g/mol. The molecule has 0 radical (unpaired) electrons. The number of nitro benzene ring substituents is 1. The summed E-state index contributed by atoms with van der Waals surface area (Å²) >= 11 is 0. The summed E-state index contributed by atoms with van der Waals surface area (Å²) in [7, 11) is 3.93. The Labute approximate surface area is 139 Å². The van der Waals surface area contributed by atoms with Crippen molar-refractivity contribution in [1.29, 1.82) is 0 Å². The van der Waals surface area contributed by atoms with Crippen LogP contribution in [0.25, 0.3) is 10.9 Å². The second-order valence-corrected chi connectivity index (χ2v) is 5.71. The van der Waals surface area contributed by atoms with Gasteiger partial charge >= 0.3 is 0 Å². The first kappa shape index (κ1) is 15.7. The molecule has 0 bridgehead atoms. The summed E-state index contributed by atoms with van der Waals surface area (Å²) in [5, 5.41) is 15.1. The van der Waals surface area contributed by atoms with Gasteiger partial charge in [0.15, 0.2) is 0 Å². The van der Waals surface area contributed by atoms with Crippen LogP contribution in [-0.4, -0.2) is 24.0 Å². The molecule has 0 amide bonds. The summed E-state index contributed by atoms with van der Waals surface area (Å²) in [6, 6.07) is 16.5. The van der Waals surface area contributed by atoms with E-state index in [1.165, 1.54) is 12.1 Å². The number of fused-ring (bicyclic) bond motifs is 1. The van der Waals surface area contributed by atoms with Gasteiger partial charge in [0.25, 0.3) is 5.69 Å². The molecule has 1 N–H and O–H groups in total. The molecule has 0 aliphatic rings. The van der Waals surface area contributed by atoms with Crippen LogP contribution in [0.3, 0.4) is 0 Å². The second kappa shape index (κ2) is 6.54. The normalized spacial score (nSPS) is 10.6. The molecule has 3 rings (SSSR count). The minimum Gasteiger partial charge on any atom is -0.381 e. The van der Waals surface area contributed by atoms with Gasteiger partial charge in [0.1, 0.15) is 5.82 Å². The number of nitrogens with one attached hydrogen (secondary N) is 1. The van der Waals surface area contributed by atoms with Crippen LogP contribution in [0.15, 0.2) is 54.6 Å². The molecule has 0 saturated heterocycles. The van der Waals surface area contributed by atoms with E-state index in [2.05, 4.69) is 22.4 Å². The highest BCUT2D eigenvalue weighted by Gasteiger charge is 2.08. The molecule has 24 heavy (non-hydrogen) atoms. The van der Waals surface area contributed by atoms with Crippen molar-refractivity contribution in [3.05, 3.63) is 70.3 Å². The van der Waals surface area contributed by atoms with E-state index in [1.54, 1.807) is 12.1 Å². The van der Waals surface area contributed by atoms with Gasteiger partial charge in [-0.3, -0.25) is 10.1 Å². The second-order valence-electron chi connectivity index (χ2n) is 5.71. The van der Waals surface area contributed by atoms with E-state index in [0.717, 1.165) is 28.0 Å². The van der Waals surface area contributed by atoms with Crippen molar-refractivity contribution in [2.75, 3.05) is 24.3 Å². The molecule has 0 fully saturated rings. The van der Waals surface area contributed by atoms with Crippen molar-refractivity contribution in [2.45, 2.75) is 6.54 Å². The van der Waals surface area contributed by atoms with Gasteiger partial charge < -0.3 is 10.2 Å². The lowest BCUT2D eigenvalue weighted by Gasteiger charge is -2.16. The first-order chi connectivity index (χ1) is 11.5. The summed E-state index contributed by atoms with van der Waals surface area (Å²) in [6.07, 6.45) is 0. The molecule has 6 heteroatoms. The standard InChI is InChI=1S/C18H18N4O2/c1-21(2)18-11-13(16-5-3-4-6-17(16)20-18)12-19-14-7-9-15(10-8-14)22(23)24/h3-11,19H,12H2,1-2H3. The Hall–Kier alpha value is -3.15. The Morgan fingerprint density at radius 3 is 2.50 bits per heavy atom. The summed E-state index contributed by atoms with van der Waals surface area (Å²) in [6.45, 7) is 0.613. The molecule has 122 valence electrons. The monoisotopic (exact) mass is 322 g/mol. The Morgan fingerprint density at radius 2 is 1.83 bits per heavy atom. The summed E-state index contributed by atoms with van der Waals surface area (Å²) in [4.78, 5) is 16.9. The fraction of sp³-hybridized carbons (Fsp3) is 0.167. The SMILES string of the molecule is CN(C)c1cc(CNc2ccc([N+](=O)[O-])cc2)c2ccccc2n1.